The van der Waals surface area contributed by atoms with Crippen molar-refractivity contribution in [1.82, 2.24) is 10.6 Å². The standard InChI is InChI=1S/C26H32N2O5/c1-4-22(25(30)31)27-24(29)23(14-13-16(2)3)28-26(32)33-15-21-19-11-7-5-9-17(19)18-10-6-8-12-20(18)21/h5-12,16,21-23H,4,13-15H2,1-3H3,(H,27,29)(H,28,32)(H,30,31)/t22-,23?/m1/s1. The van der Waals surface area contributed by atoms with Crippen LogP contribution in [-0.4, -0.2) is 41.8 Å². The smallest absolute Gasteiger partial charge is 0.407 e. The van der Waals surface area contributed by atoms with Crippen LogP contribution in [0.4, 0.5) is 4.79 Å². The molecule has 0 saturated heterocycles. The number of carbonyl (C=O) groups excluding carboxylic acids is 2. The van der Waals surface area contributed by atoms with Crippen molar-refractivity contribution >= 4 is 18.0 Å². The fourth-order valence-corrected chi connectivity index (χ4v) is 4.16. The summed E-state index contributed by atoms with van der Waals surface area (Å²) < 4.78 is 5.56. The van der Waals surface area contributed by atoms with Crippen LogP contribution in [-0.2, 0) is 14.3 Å². The second kappa shape index (κ2) is 11.0. The van der Waals surface area contributed by atoms with Gasteiger partial charge in [-0.05, 0) is 47.4 Å². The van der Waals surface area contributed by atoms with Gasteiger partial charge in [0, 0.05) is 5.92 Å². The molecular weight excluding hydrogens is 420 g/mol. The van der Waals surface area contributed by atoms with Crippen molar-refractivity contribution in [2.45, 2.75) is 58.0 Å². The van der Waals surface area contributed by atoms with Crippen LogP contribution < -0.4 is 10.6 Å². The lowest BCUT2D eigenvalue weighted by molar-refractivity contribution is -0.142. The number of alkyl carbamates (subject to hydrolysis) is 1. The molecule has 3 N–H and O–H groups in total. The molecule has 0 heterocycles. The predicted octanol–water partition coefficient (Wildman–Crippen LogP) is 4.31. The van der Waals surface area contributed by atoms with Crippen LogP contribution in [0.3, 0.4) is 0 Å². The minimum atomic E-state index is -1.10. The van der Waals surface area contributed by atoms with Crippen LogP contribution >= 0.6 is 0 Å². The molecule has 0 radical (unpaired) electrons. The summed E-state index contributed by atoms with van der Waals surface area (Å²) in [6, 6.07) is 14.3. The number of carbonyl (C=O) groups is 3. The van der Waals surface area contributed by atoms with Crippen LogP contribution in [0.25, 0.3) is 11.1 Å². The van der Waals surface area contributed by atoms with Gasteiger partial charge in [-0.25, -0.2) is 9.59 Å². The number of benzene rings is 2. The van der Waals surface area contributed by atoms with E-state index in [1.807, 2.05) is 50.2 Å². The van der Waals surface area contributed by atoms with E-state index in [1.54, 1.807) is 6.92 Å². The molecule has 1 unspecified atom stereocenters. The number of hydrogen-bond donors (Lipinski definition) is 3. The zero-order chi connectivity index (χ0) is 24.0. The molecule has 2 aromatic carbocycles. The van der Waals surface area contributed by atoms with Crippen molar-refractivity contribution in [2.24, 2.45) is 5.92 Å². The molecule has 0 aliphatic heterocycles. The van der Waals surface area contributed by atoms with Crippen molar-refractivity contribution in [2.75, 3.05) is 6.61 Å². The average molecular weight is 453 g/mol. The molecule has 7 heteroatoms. The van der Waals surface area contributed by atoms with Gasteiger partial charge in [0.05, 0.1) is 0 Å². The second-order valence-electron chi connectivity index (χ2n) is 8.80. The molecular formula is C26H32N2O5. The van der Waals surface area contributed by atoms with Gasteiger partial charge in [0.15, 0.2) is 0 Å². The molecule has 0 aromatic heterocycles. The van der Waals surface area contributed by atoms with Crippen LogP contribution in [0, 0.1) is 5.92 Å². The zero-order valence-electron chi connectivity index (χ0n) is 19.3. The maximum Gasteiger partial charge on any atom is 0.407 e. The third-order valence-electron chi connectivity index (χ3n) is 6.01. The molecule has 0 spiro atoms. The number of rotatable bonds is 10. The molecule has 3 rings (SSSR count). The molecule has 1 aliphatic rings. The van der Waals surface area contributed by atoms with E-state index in [1.165, 1.54) is 0 Å². The van der Waals surface area contributed by atoms with Crippen molar-refractivity contribution in [3.05, 3.63) is 59.7 Å². The number of hydrogen-bond acceptors (Lipinski definition) is 4. The quantitative estimate of drug-likeness (QED) is 0.498. The van der Waals surface area contributed by atoms with Crippen LogP contribution in [0.5, 0.6) is 0 Å². The highest BCUT2D eigenvalue weighted by molar-refractivity contribution is 5.89. The molecule has 2 aromatic rings. The minimum Gasteiger partial charge on any atom is -0.480 e. The molecule has 0 bridgehead atoms. The van der Waals surface area contributed by atoms with Crippen LogP contribution in [0.1, 0.15) is 57.1 Å². The zero-order valence-corrected chi connectivity index (χ0v) is 19.3. The lowest BCUT2D eigenvalue weighted by Gasteiger charge is -2.22. The van der Waals surface area contributed by atoms with E-state index in [9.17, 15) is 19.5 Å². The van der Waals surface area contributed by atoms with Crippen molar-refractivity contribution < 1.29 is 24.2 Å². The fraction of sp³-hybridized carbons (Fsp3) is 0.423. The highest BCUT2D eigenvalue weighted by Crippen LogP contribution is 2.44. The van der Waals surface area contributed by atoms with Crippen molar-refractivity contribution in [3.8, 4) is 11.1 Å². The van der Waals surface area contributed by atoms with E-state index < -0.39 is 30.1 Å². The first-order chi connectivity index (χ1) is 15.8. The maximum atomic E-state index is 12.7. The summed E-state index contributed by atoms with van der Waals surface area (Å²) in [5.41, 5.74) is 4.48. The molecule has 176 valence electrons. The molecule has 7 nitrogen and oxygen atoms in total. The van der Waals surface area contributed by atoms with Gasteiger partial charge in [-0.2, -0.15) is 0 Å². The van der Waals surface area contributed by atoms with E-state index in [4.69, 9.17) is 4.74 Å². The Morgan fingerprint density at radius 2 is 1.48 bits per heavy atom. The van der Waals surface area contributed by atoms with Gasteiger partial charge in [0.25, 0.3) is 0 Å². The number of nitrogens with one attached hydrogen (secondary N) is 2. The van der Waals surface area contributed by atoms with Crippen molar-refractivity contribution in [3.63, 3.8) is 0 Å². The first kappa shape index (κ1) is 24.3. The van der Waals surface area contributed by atoms with Crippen LogP contribution in [0.2, 0.25) is 0 Å². The lowest BCUT2D eigenvalue weighted by Crippen LogP contribution is -2.51. The summed E-state index contributed by atoms with van der Waals surface area (Å²) in [6.07, 6.45) is 0.655. The summed E-state index contributed by atoms with van der Waals surface area (Å²) in [5.74, 6) is -1.37. The summed E-state index contributed by atoms with van der Waals surface area (Å²) in [4.78, 5) is 36.7. The Morgan fingerprint density at radius 3 is 2.00 bits per heavy atom. The fourth-order valence-electron chi connectivity index (χ4n) is 4.16. The Bertz CT molecular complexity index is 958. The first-order valence-electron chi connectivity index (χ1n) is 11.5. The molecule has 2 amide bonds. The number of fused-ring (bicyclic) bond motifs is 3. The maximum absolute atomic E-state index is 12.7. The Hall–Kier alpha value is -3.35. The highest BCUT2D eigenvalue weighted by Gasteiger charge is 2.30. The van der Waals surface area contributed by atoms with Gasteiger partial charge >= 0.3 is 12.1 Å². The third kappa shape index (κ3) is 5.92. The second-order valence-corrected chi connectivity index (χ2v) is 8.80. The van der Waals surface area contributed by atoms with E-state index >= 15 is 0 Å². The Kier molecular flexibility index (Phi) is 8.09. The third-order valence-corrected chi connectivity index (χ3v) is 6.01. The Balaban J connectivity index is 1.66. The number of carboxylic acids is 1. The molecule has 1 aliphatic carbocycles. The van der Waals surface area contributed by atoms with Gasteiger partial charge in [-0.3, -0.25) is 4.79 Å². The summed E-state index contributed by atoms with van der Waals surface area (Å²) in [6.45, 7) is 5.87. The van der Waals surface area contributed by atoms with Gasteiger partial charge in [-0.15, -0.1) is 0 Å². The number of amides is 2. The Labute approximate surface area is 194 Å². The summed E-state index contributed by atoms with van der Waals surface area (Å²) in [7, 11) is 0. The van der Waals surface area contributed by atoms with Gasteiger partial charge in [0.2, 0.25) is 5.91 Å². The van der Waals surface area contributed by atoms with Crippen molar-refractivity contribution in [1.29, 1.82) is 0 Å². The van der Waals surface area contributed by atoms with Gasteiger partial charge in [0.1, 0.15) is 18.7 Å². The molecule has 0 saturated carbocycles. The van der Waals surface area contributed by atoms with Gasteiger partial charge in [-0.1, -0.05) is 69.3 Å². The highest BCUT2D eigenvalue weighted by atomic mass is 16.5. The Morgan fingerprint density at radius 1 is 0.909 bits per heavy atom. The monoisotopic (exact) mass is 452 g/mol. The largest absolute Gasteiger partial charge is 0.480 e. The summed E-state index contributed by atoms with van der Waals surface area (Å²) >= 11 is 0. The van der Waals surface area contributed by atoms with E-state index in [-0.39, 0.29) is 18.9 Å². The molecule has 0 fully saturated rings. The SMILES string of the molecule is CC[C@@H](NC(=O)C(CCC(C)C)NC(=O)OCC1c2ccccc2-c2ccccc21)C(=O)O. The minimum absolute atomic E-state index is 0.0810. The molecule has 2 atom stereocenters. The normalized spacial score (nSPS) is 14.2. The van der Waals surface area contributed by atoms with Crippen LogP contribution in [0.15, 0.2) is 48.5 Å². The topological polar surface area (TPSA) is 105 Å². The predicted molar refractivity (Wildman–Crippen MR) is 126 cm³/mol. The van der Waals surface area contributed by atoms with E-state index in [0.717, 1.165) is 22.3 Å². The first-order valence-corrected chi connectivity index (χ1v) is 11.5. The average Bonchev–Trinajstić information content (AvgIpc) is 3.12. The molecule has 33 heavy (non-hydrogen) atoms. The summed E-state index contributed by atoms with van der Waals surface area (Å²) in [5, 5.41) is 14.4. The van der Waals surface area contributed by atoms with E-state index in [2.05, 4.69) is 22.8 Å². The number of aliphatic carboxylic acids is 1. The van der Waals surface area contributed by atoms with E-state index in [0.29, 0.717) is 18.8 Å². The lowest BCUT2D eigenvalue weighted by atomic mass is 9.98. The van der Waals surface area contributed by atoms with Gasteiger partial charge < -0.3 is 20.5 Å². The number of ether oxygens (including phenoxy) is 1. The number of carboxylic acid groups (broad SMARTS) is 1.